The van der Waals surface area contributed by atoms with E-state index in [-0.39, 0.29) is 11.5 Å². The Labute approximate surface area is 75.8 Å². The monoisotopic (exact) mass is 184 g/mol. The molecule has 0 fully saturated rings. The van der Waals surface area contributed by atoms with Crippen molar-refractivity contribution in [1.82, 2.24) is 0 Å². The van der Waals surface area contributed by atoms with Gasteiger partial charge in [-0.3, -0.25) is 4.79 Å². The van der Waals surface area contributed by atoms with Crippen molar-refractivity contribution in [2.75, 3.05) is 0 Å². The summed E-state index contributed by atoms with van der Waals surface area (Å²) in [6, 6.07) is 4.44. The van der Waals surface area contributed by atoms with Crippen LogP contribution in [-0.2, 0) is 0 Å². The molecule has 0 unspecified atom stereocenters. The number of hydrogen-bond donors (Lipinski definition) is 1. The van der Waals surface area contributed by atoms with Crippen LogP contribution in [0.1, 0.15) is 23.7 Å². The molecule has 0 saturated carbocycles. The van der Waals surface area contributed by atoms with Gasteiger partial charge < -0.3 is 5.11 Å². The van der Waals surface area contributed by atoms with E-state index in [1.54, 1.807) is 13.0 Å². The van der Waals surface area contributed by atoms with E-state index in [0.717, 1.165) is 0 Å². The third-order valence-corrected chi connectivity index (χ3v) is 1.82. The summed E-state index contributed by atoms with van der Waals surface area (Å²) in [5, 5.41) is 9.72. The Morgan fingerprint density at radius 2 is 2.25 bits per heavy atom. The zero-order valence-corrected chi connectivity index (χ0v) is 7.43. The molecule has 2 nitrogen and oxygen atoms in total. The number of rotatable bonds is 2. The highest BCUT2D eigenvalue weighted by Gasteiger charge is 2.08. The first-order chi connectivity index (χ1) is 5.65. The van der Waals surface area contributed by atoms with E-state index in [0.29, 0.717) is 17.0 Å². The summed E-state index contributed by atoms with van der Waals surface area (Å²) < 4.78 is 0. The summed E-state index contributed by atoms with van der Waals surface area (Å²) in [6.45, 7) is 1.74. The molecule has 64 valence electrons. The van der Waals surface area contributed by atoms with Crippen LogP contribution in [-0.4, -0.2) is 10.9 Å². The van der Waals surface area contributed by atoms with Crippen LogP contribution in [0.15, 0.2) is 18.2 Å². The molecule has 0 aliphatic carbocycles. The van der Waals surface area contributed by atoms with Gasteiger partial charge in [0.15, 0.2) is 5.78 Å². The van der Waals surface area contributed by atoms with Gasteiger partial charge in [-0.2, -0.15) is 0 Å². The molecule has 0 amide bonds. The Morgan fingerprint density at radius 1 is 1.58 bits per heavy atom. The molecule has 1 N–H and O–H groups in total. The van der Waals surface area contributed by atoms with E-state index < -0.39 is 0 Å². The molecule has 1 aromatic carbocycles. The number of ketones is 1. The number of hydrogen-bond acceptors (Lipinski definition) is 2. The summed E-state index contributed by atoms with van der Waals surface area (Å²) in [6.07, 6.45) is 0.369. The van der Waals surface area contributed by atoms with Gasteiger partial charge >= 0.3 is 0 Å². The Morgan fingerprint density at radius 3 is 2.83 bits per heavy atom. The zero-order valence-electron chi connectivity index (χ0n) is 6.67. The molecule has 0 bridgehead atoms. The minimum absolute atomic E-state index is 0.00810. The van der Waals surface area contributed by atoms with Gasteiger partial charge in [0.25, 0.3) is 0 Å². The van der Waals surface area contributed by atoms with E-state index in [2.05, 4.69) is 0 Å². The van der Waals surface area contributed by atoms with Crippen molar-refractivity contribution in [2.45, 2.75) is 13.3 Å². The van der Waals surface area contributed by atoms with Crippen LogP contribution in [0, 0.1) is 0 Å². The number of phenols is 1. The third kappa shape index (κ3) is 1.77. The molecular formula is C9H9ClO2. The summed E-state index contributed by atoms with van der Waals surface area (Å²) in [7, 11) is 0. The van der Waals surface area contributed by atoms with Crippen LogP contribution in [0.4, 0.5) is 0 Å². The highest BCUT2D eigenvalue weighted by Crippen LogP contribution is 2.22. The number of carbonyl (C=O) groups is 1. The quantitative estimate of drug-likeness (QED) is 0.718. The van der Waals surface area contributed by atoms with Crippen LogP contribution in [0.25, 0.3) is 0 Å². The van der Waals surface area contributed by atoms with E-state index in [1.165, 1.54) is 12.1 Å². The highest BCUT2D eigenvalue weighted by molar-refractivity contribution is 6.31. The fraction of sp³-hybridized carbons (Fsp3) is 0.222. The van der Waals surface area contributed by atoms with Crippen molar-refractivity contribution in [3.05, 3.63) is 28.8 Å². The van der Waals surface area contributed by atoms with Gasteiger partial charge in [0, 0.05) is 11.4 Å². The van der Waals surface area contributed by atoms with Crippen LogP contribution in [0.5, 0.6) is 5.75 Å². The Kier molecular flexibility index (Phi) is 2.71. The van der Waals surface area contributed by atoms with Gasteiger partial charge in [-0.25, -0.2) is 0 Å². The summed E-state index contributed by atoms with van der Waals surface area (Å²) in [5.41, 5.74) is 0.296. The highest BCUT2D eigenvalue weighted by atomic mass is 35.5. The van der Waals surface area contributed by atoms with E-state index in [9.17, 15) is 9.90 Å². The van der Waals surface area contributed by atoms with Crippen molar-refractivity contribution >= 4 is 17.4 Å². The summed E-state index contributed by atoms with van der Waals surface area (Å²) in [5.74, 6) is -0.110. The van der Waals surface area contributed by atoms with Gasteiger partial charge in [0.2, 0.25) is 0 Å². The zero-order chi connectivity index (χ0) is 9.14. The van der Waals surface area contributed by atoms with Crippen molar-refractivity contribution in [3.63, 3.8) is 0 Å². The average molecular weight is 185 g/mol. The number of aromatic hydroxyl groups is 1. The number of benzene rings is 1. The van der Waals surface area contributed by atoms with Crippen LogP contribution in [0.2, 0.25) is 5.02 Å². The molecule has 1 rings (SSSR count). The SMILES string of the molecule is CCC(=O)c1cc(Cl)ccc1O. The molecule has 0 heterocycles. The average Bonchev–Trinajstić information content (AvgIpc) is 2.08. The largest absolute Gasteiger partial charge is 0.507 e. The smallest absolute Gasteiger partial charge is 0.166 e. The number of halogens is 1. The van der Waals surface area contributed by atoms with Gasteiger partial charge in [0.05, 0.1) is 5.56 Å². The fourth-order valence-corrected chi connectivity index (χ4v) is 1.09. The molecule has 0 aliphatic rings. The maximum atomic E-state index is 11.2. The lowest BCUT2D eigenvalue weighted by atomic mass is 10.1. The predicted molar refractivity (Wildman–Crippen MR) is 47.7 cm³/mol. The van der Waals surface area contributed by atoms with E-state index in [1.807, 2.05) is 0 Å². The minimum atomic E-state index is -0.102. The molecule has 0 radical (unpaired) electrons. The topological polar surface area (TPSA) is 37.3 Å². The maximum absolute atomic E-state index is 11.2. The van der Waals surface area contributed by atoms with E-state index in [4.69, 9.17) is 11.6 Å². The molecule has 0 aliphatic heterocycles. The Bertz CT molecular complexity index is 307. The van der Waals surface area contributed by atoms with Gasteiger partial charge in [0.1, 0.15) is 5.75 Å². The third-order valence-electron chi connectivity index (χ3n) is 1.58. The number of phenolic OH excluding ortho intramolecular Hbond substituents is 1. The van der Waals surface area contributed by atoms with Gasteiger partial charge in [-0.05, 0) is 18.2 Å². The molecule has 12 heavy (non-hydrogen) atoms. The minimum Gasteiger partial charge on any atom is -0.507 e. The first kappa shape index (κ1) is 9.07. The van der Waals surface area contributed by atoms with Crippen LogP contribution >= 0.6 is 11.6 Å². The van der Waals surface area contributed by atoms with Crippen LogP contribution < -0.4 is 0 Å². The number of Topliss-reactive ketones (excluding diaryl/α,β-unsaturated/α-hetero) is 1. The second-order valence-corrected chi connectivity index (χ2v) is 2.87. The maximum Gasteiger partial charge on any atom is 0.166 e. The molecular weight excluding hydrogens is 176 g/mol. The lowest BCUT2D eigenvalue weighted by Crippen LogP contribution is -1.96. The Hall–Kier alpha value is -1.02. The molecule has 0 atom stereocenters. The molecule has 0 aromatic heterocycles. The molecule has 0 saturated heterocycles. The van der Waals surface area contributed by atoms with Crippen molar-refractivity contribution in [3.8, 4) is 5.75 Å². The number of carbonyl (C=O) groups excluding carboxylic acids is 1. The van der Waals surface area contributed by atoms with E-state index >= 15 is 0 Å². The molecule has 3 heteroatoms. The Balaban J connectivity index is 3.13. The van der Waals surface area contributed by atoms with Crippen molar-refractivity contribution in [1.29, 1.82) is 0 Å². The van der Waals surface area contributed by atoms with Crippen molar-refractivity contribution < 1.29 is 9.90 Å². The van der Waals surface area contributed by atoms with Gasteiger partial charge in [-0.1, -0.05) is 18.5 Å². The second kappa shape index (κ2) is 3.59. The van der Waals surface area contributed by atoms with Crippen LogP contribution in [0.3, 0.4) is 0 Å². The first-order valence-electron chi connectivity index (χ1n) is 3.67. The lowest BCUT2D eigenvalue weighted by Gasteiger charge is -2.01. The first-order valence-corrected chi connectivity index (χ1v) is 4.04. The predicted octanol–water partition coefficient (Wildman–Crippen LogP) is 2.64. The standard InChI is InChI=1S/C9H9ClO2/c1-2-8(11)7-5-6(10)3-4-9(7)12/h3-5,12H,2H2,1H3. The molecule has 1 aromatic rings. The van der Waals surface area contributed by atoms with Gasteiger partial charge in [-0.15, -0.1) is 0 Å². The summed E-state index contributed by atoms with van der Waals surface area (Å²) >= 11 is 5.65. The van der Waals surface area contributed by atoms with Crippen molar-refractivity contribution in [2.24, 2.45) is 0 Å². The fourth-order valence-electron chi connectivity index (χ4n) is 0.922. The molecule has 0 spiro atoms. The second-order valence-electron chi connectivity index (χ2n) is 2.44. The lowest BCUT2D eigenvalue weighted by molar-refractivity contribution is 0.0985. The summed E-state index contributed by atoms with van der Waals surface area (Å²) in [4.78, 5) is 11.2. The normalized spacial score (nSPS) is 9.83.